The van der Waals surface area contributed by atoms with Crippen LogP contribution < -0.4 is 11.5 Å². The average molecular weight is 240 g/mol. The molecule has 0 aromatic carbocycles. The van der Waals surface area contributed by atoms with Crippen LogP contribution in [0.2, 0.25) is 0 Å². The first kappa shape index (κ1) is 13.8. The lowest BCUT2D eigenvalue weighted by Gasteiger charge is -2.32. The minimum atomic E-state index is -0.204. The van der Waals surface area contributed by atoms with Crippen LogP contribution in [0, 0.1) is 11.8 Å². The molecule has 1 amide bonds. The summed E-state index contributed by atoms with van der Waals surface area (Å²) in [4.78, 5) is 17.3. The molecule has 1 fully saturated rings. The molecule has 5 heteroatoms. The molecule has 0 aliphatic carbocycles. The molecule has 1 saturated heterocycles. The number of amides is 1. The van der Waals surface area contributed by atoms with Crippen LogP contribution in [0.3, 0.4) is 0 Å². The van der Waals surface area contributed by atoms with E-state index in [1.807, 2.05) is 0 Å². The fraction of sp³-hybridized carbons (Fsp3) is 0.833. The molecule has 1 rings (SSSR count). The maximum atomic E-state index is 10.8. The Hall–Kier alpha value is -1.26. The highest BCUT2D eigenvalue weighted by Crippen LogP contribution is 2.19. The summed E-state index contributed by atoms with van der Waals surface area (Å²) < 4.78 is 0. The third-order valence-corrected chi connectivity index (χ3v) is 3.05. The fourth-order valence-electron chi connectivity index (χ4n) is 2.03. The molecule has 0 aromatic heterocycles. The third-order valence-electron chi connectivity index (χ3n) is 3.05. The van der Waals surface area contributed by atoms with Crippen molar-refractivity contribution in [2.24, 2.45) is 28.3 Å². The lowest BCUT2D eigenvalue weighted by molar-refractivity contribution is -0.119. The number of guanidine groups is 1. The van der Waals surface area contributed by atoms with Crippen molar-refractivity contribution in [2.75, 3.05) is 19.6 Å². The first-order valence-corrected chi connectivity index (χ1v) is 6.32. The second kappa shape index (κ2) is 6.47. The maximum absolute atomic E-state index is 10.8. The van der Waals surface area contributed by atoms with Crippen LogP contribution in [-0.4, -0.2) is 36.4 Å². The molecule has 1 heterocycles. The summed E-state index contributed by atoms with van der Waals surface area (Å²) in [6.45, 7) is 6.77. The van der Waals surface area contributed by atoms with E-state index >= 15 is 0 Å². The van der Waals surface area contributed by atoms with Gasteiger partial charge < -0.3 is 16.4 Å². The fourth-order valence-corrected chi connectivity index (χ4v) is 2.03. The van der Waals surface area contributed by atoms with E-state index in [0.29, 0.717) is 24.2 Å². The van der Waals surface area contributed by atoms with Crippen LogP contribution in [0.15, 0.2) is 4.99 Å². The Morgan fingerprint density at radius 3 is 2.41 bits per heavy atom. The second-order valence-corrected chi connectivity index (χ2v) is 5.19. The number of carbonyl (C=O) groups excluding carboxylic acids is 1. The monoisotopic (exact) mass is 240 g/mol. The normalized spacial score (nSPS) is 18.8. The van der Waals surface area contributed by atoms with Crippen molar-refractivity contribution in [3.63, 3.8) is 0 Å². The van der Waals surface area contributed by atoms with Crippen LogP contribution in [0.4, 0.5) is 0 Å². The lowest BCUT2D eigenvalue weighted by atomic mass is 9.93. The number of aliphatic imine (C=N–C) groups is 1. The van der Waals surface area contributed by atoms with Crippen molar-refractivity contribution in [1.82, 2.24) is 4.90 Å². The highest BCUT2D eigenvalue weighted by Gasteiger charge is 2.21. The van der Waals surface area contributed by atoms with Gasteiger partial charge in [-0.3, -0.25) is 9.79 Å². The van der Waals surface area contributed by atoms with Crippen molar-refractivity contribution in [3.8, 4) is 0 Å². The molecular weight excluding hydrogens is 216 g/mol. The summed E-state index contributed by atoms with van der Waals surface area (Å²) in [5.74, 6) is 1.38. The standard InChI is InChI=1S/C12H24N4O/c1-9(2)8-15-12(14)16-5-3-10(4-6-16)7-11(13)17/h9-10H,3-8H2,1-2H3,(H2,13,17)(H2,14,15). The average Bonchev–Trinajstić information content (AvgIpc) is 2.26. The number of nitrogens with two attached hydrogens (primary N) is 2. The zero-order valence-electron chi connectivity index (χ0n) is 10.9. The molecule has 0 saturated carbocycles. The second-order valence-electron chi connectivity index (χ2n) is 5.19. The topological polar surface area (TPSA) is 84.7 Å². The Morgan fingerprint density at radius 2 is 1.94 bits per heavy atom. The van der Waals surface area contributed by atoms with E-state index in [1.54, 1.807) is 0 Å². The van der Waals surface area contributed by atoms with Gasteiger partial charge in [-0.05, 0) is 24.7 Å². The molecule has 0 bridgehead atoms. The van der Waals surface area contributed by atoms with E-state index in [-0.39, 0.29) is 5.91 Å². The first-order chi connectivity index (χ1) is 7.99. The molecule has 1 aliphatic heterocycles. The molecule has 0 aromatic rings. The van der Waals surface area contributed by atoms with E-state index in [4.69, 9.17) is 11.5 Å². The quantitative estimate of drug-likeness (QED) is 0.555. The van der Waals surface area contributed by atoms with E-state index in [2.05, 4.69) is 23.7 Å². The molecule has 17 heavy (non-hydrogen) atoms. The Kier molecular flexibility index (Phi) is 5.25. The summed E-state index contributed by atoms with van der Waals surface area (Å²) >= 11 is 0. The van der Waals surface area contributed by atoms with Crippen molar-refractivity contribution in [1.29, 1.82) is 0 Å². The number of hydrogen-bond donors (Lipinski definition) is 2. The van der Waals surface area contributed by atoms with Crippen molar-refractivity contribution in [2.45, 2.75) is 33.1 Å². The van der Waals surface area contributed by atoms with Crippen LogP contribution in [-0.2, 0) is 4.79 Å². The van der Waals surface area contributed by atoms with Gasteiger partial charge in [-0.2, -0.15) is 0 Å². The molecule has 0 unspecified atom stereocenters. The highest BCUT2D eigenvalue weighted by molar-refractivity contribution is 5.78. The summed E-state index contributed by atoms with van der Waals surface area (Å²) in [6.07, 6.45) is 2.44. The van der Waals surface area contributed by atoms with Crippen LogP contribution in [0.25, 0.3) is 0 Å². The van der Waals surface area contributed by atoms with Gasteiger partial charge in [-0.25, -0.2) is 0 Å². The van der Waals surface area contributed by atoms with Gasteiger partial charge in [0.15, 0.2) is 5.96 Å². The number of hydrogen-bond acceptors (Lipinski definition) is 2. The van der Waals surface area contributed by atoms with Gasteiger partial charge in [-0.15, -0.1) is 0 Å². The minimum absolute atomic E-state index is 0.204. The van der Waals surface area contributed by atoms with Crippen molar-refractivity contribution < 1.29 is 4.79 Å². The zero-order chi connectivity index (χ0) is 12.8. The van der Waals surface area contributed by atoms with Gasteiger partial charge in [-0.1, -0.05) is 13.8 Å². The number of likely N-dealkylation sites (tertiary alicyclic amines) is 1. The van der Waals surface area contributed by atoms with Gasteiger partial charge in [0, 0.05) is 26.1 Å². The summed E-state index contributed by atoms with van der Waals surface area (Å²) in [7, 11) is 0. The van der Waals surface area contributed by atoms with Gasteiger partial charge in [0.1, 0.15) is 0 Å². The molecule has 0 atom stereocenters. The van der Waals surface area contributed by atoms with Crippen LogP contribution in [0.5, 0.6) is 0 Å². The largest absolute Gasteiger partial charge is 0.370 e. The minimum Gasteiger partial charge on any atom is -0.370 e. The molecule has 1 aliphatic rings. The van der Waals surface area contributed by atoms with E-state index in [1.165, 1.54) is 0 Å². The molecule has 98 valence electrons. The summed E-state index contributed by atoms with van der Waals surface area (Å²) in [5.41, 5.74) is 11.1. The van der Waals surface area contributed by atoms with Crippen LogP contribution in [0.1, 0.15) is 33.1 Å². The van der Waals surface area contributed by atoms with Gasteiger partial charge in [0.25, 0.3) is 0 Å². The Balaban J connectivity index is 2.35. The SMILES string of the molecule is CC(C)CN=C(N)N1CCC(CC(N)=O)CC1. The highest BCUT2D eigenvalue weighted by atomic mass is 16.1. The Labute approximate surface area is 103 Å². The predicted octanol–water partition coefficient (Wildman–Crippen LogP) is 0.545. The third kappa shape index (κ3) is 5.06. The molecule has 5 nitrogen and oxygen atoms in total. The first-order valence-electron chi connectivity index (χ1n) is 6.32. The Morgan fingerprint density at radius 1 is 1.35 bits per heavy atom. The summed E-state index contributed by atoms with van der Waals surface area (Å²) in [5, 5.41) is 0. The number of piperidine rings is 1. The molecular formula is C12H24N4O. The number of nitrogens with zero attached hydrogens (tertiary/aromatic N) is 2. The molecule has 0 radical (unpaired) electrons. The van der Waals surface area contributed by atoms with E-state index in [9.17, 15) is 4.79 Å². The number of primary amides is 1. The van der Waals surface area contributed by atoms with Crippen LogP contribution >= 0.6 is 0 Å². The molecule has 4 N–H and O–H groups in total. The Bertz CT molecular complexity index is 280. The van der Waals surface area contributed by atoms with E-state index in [0.717, 1.165) is 32.5 Å². The van der Waals surface area contributed by atoms with Gasteiger partial charge in [0.2, 0.25) is 5.91 Å². The zero-order valence-corrected chi connectivity index (χ0v) is 10.9. The smallest absolute Gasteiger partial charge is 0.217 e. The van der Waals surface area contributed by atoms with Gasteiger partial charge >= 0.3 is 0 Å². The number of carbonyl (C=O) groups is 1. The van der Waals surface area contributed by atoms with Crippen molar-refractivity contribution >= 4 is 11.9 Å². The van der Waals surface area contributed by atoms with Crippen molar-refractivity contribution in [3.05, 3.63) is 0 Å². The predicted molar refractivity (Wildman–Crippen MR) is 69.4 cm³/mol. The lowest BCUT2D eigenvalue weighted by Crippen LogP contribution is -2.43. The van der Waals surface area contributed by atoms with Gasteiger partial charge in [0.05, 0.1) is 0 Å². The molecule has 0 spiro atoms. The van der Waals surface area contributed by atoms with E-state index < -0.39 is 0 Å². The summed E-state index contributed by atoms with van der Waals surface area (Å²) in [6, 6.07) is 0. The maximum Gasteiger partial charge on any atom is 0.217 e. The number of rotatable bonds is 4.